The highest BCUT2D eigenvalue weighted by Gasteiger charge is 2.42. The maximum absolute atomic E-state index is 12.0. The van der Waals surface area contributed by atoms with Crippen molar-refractivity contribution in [2.24, 2.45) is 5.10 Å². The predicted molar refractivity (Wildman–Crippen MR) is 24.4 cm³/mol. The minimum atomic E-state index is -4.68. The number of rotatable bonds is 0. The Balaban J connectivity index is 2.67. The summed E-state index contributed by atoms with van der Waals surface area (Å²) in [6.07, 6.45) is -6.23. The number of hydrogen-bond acceptors (Lipinski definition) is 3. The molecule has 0 atom stereocenters. The van der Waals surface area contributed by atoms with Crippen molar-refractivity contribution in [1.82, 2.24) is 10.3 Å². The summed E-state index contributed by atoms with van der Waals surface area (Å²) in [6.45, 7) is -0.657. The molecule has 0 saturated heterocycles. The van der Waals surface area contributed by atoms with Gasteiger partial charge in [-0.3, -0.25) is 5.43 Å². The number of nitrogens with zero attached hydrogens (tertiary/aromatic N) is 2. The van der Waals surface area contributed by atoms with Crippen molar-refractivity contribution >= 4 is 6.09 Å². The molecular formula is C3H3F4N3. The van der Waals surface area contributed by atoms with Crippen LogP contribution in [-0.4, -0.2) is 24.0 Å². The molecule has 0 amide bonds. The standard InChI is InChI=1S/C3H3F4N3/c4-2-9-8-1-10(2)3(5,6)7/h8H,1H2. The summed E-state index contributed by atoms with van der Waals surface area (Å²) in [6, 6.07) is 0. The van der Waals surface area contributed by atoms with Gasteiger partial charge in [0.1, 0.15) is 6.67 Å². The van der Waals surface area contributed by atoms with Gasteiger partial charge in [-0.15, -0.1) is 18.3 Å². The highest BCUT2D eigenvalue weighted by atomic mass is 19.4. The molecule has 0 bridgehead atoms. The highest BCUT2D eigenvalue weighted by molar-refractivity contribution is 5.73. The second-order valence-electron chi connectivity index (χ2n) is 1.59. The van der Waals surface area contributed by atoms with E-state index in [-0.39, 0.29) is 0 Å². The second kappa shape index (κ2) is 1.99. The molecule has 0 aliphatic carbocycles. The van der Waals surface area contributed by atoms with Gasteiger partial charge in [0.25, 0.3) is 0 Å². The van der Waals surface area contributed by atoms with Gasteiger partial charge in [-0.05, 0) is 0 Å². The molecule has 1 aliphatic heterocycles. The number of halogens is 4. The summed E-state index contributed by atoms with van der Waals surface area (Å²) >= 11 is 0. The lowest BCUT2D eigenvalue weighted by Gasteiger charge is -2.16. The van der Waals surface area contributed by atoms with E-state index in [0.717, 1.165) is 0 Å². The summed E-state index contributed by atoms with van der Waals surface area (Å²) in [5.74, 6) is 0. The third-order valence-corrected chi connectivity index (χ3v) is 0.929. The van der Waals surface area contributed by atoms with Crippen molar-refractivity contribution in [2.45, 2.75) is 6.30 Å². The van der Waals surface area contributed by atoms with Crippen LogP contribution in [0.1, 0.15) is 0 Å². The van der Waals surface area contributed by atoms with Gasteiger partial charge in [-0.1, -0.05) is 0 Å². The van der Waals surface area contributed by atoms with Crippen LogP contribution in [0.4, 0.5) is 17.6 Å². The zero-order valence-electron chi connectivity index (χ0n) is 4.61. The Labute approximate surface area is 53.3 Å². The maximum Gasteiger partial charge on any atom is 0.489 e. The minimum absolute atomic E-state index is 0.437. The summed E-state index contributed by atoms with van der Waals surface area (Å²) in [5, 5.41) is 2.69. The first-order valence-corrected chi connectivity index (χ1v) is 2.32. The first kappa shape index (κ1) is 7.10. The summed E-state index contributed by atoms with van der Waals surface area (Å²) in [5.41, 5.74) is 1.85. The zero-order chi connectivity index (χ0) is 7.78. The molecular weight excluding hydrogens is 154 g/mol. The Hall–Kier alpha value is -1.01. The molecule has 0 aromatic carbocycles. The van der Waals surface area contributed by atoms with E-state index in [0.29, 0.717) is 0 Å². The molecule has 3 nitrogen and oxygen atoms in total. The average Bonchev–Trinajstić information content (AvgIpc) is 2.11. The molecule has 1 aliphatic rings. The third kappa shape index (κ3) is 1.12. The molecule has 0 spiro atoms. The van der Waals surface area contributed by atoms with Crippen molar-refractivity contribution < 1.29 is 17.6 Å². The van der Waals surface area contributed by atoms with E-state index in [1.54, 1.807) is 0 Å². The van der Waals surface area contributed by atoms with Crippen LogP contribution in [0.3, 0.4) is 0 Å². The fraction of sp³-hybridized carbons (Fsp3) is 0.667. The highest BCUT2D eigenvalue weighted by Crippen LogP contribution is 2.22. The van der Waals surface area contributed by atoms with Crippen LogP contribution in [0, 0.1) is 0 Å². The minimum Gasteiger partial charge on any atom is -0.286 e. The first-order valence-electron chi connectivity index (χ1n) is 2.32. The normalized spacial score (nSPS) is 18.8. The van der Waals surface area contributed by atoms with E-state index in [9.17, 15) is 17.6 Å². The van der Waals surface area contributed by atoms with Crippen LogP contribution in [-0.2, 0) is 0 Å². The Kier molecular flexibility index (Phi) is 1.42. The first-order chi connectivity index (χ1) is 4.52. The maximum atomic E-state index is 12.0. The SMILES string of the molecule is FC1=NNCN1C(F)(F)F. The fourth-order valence-electron chi connectivity index (χ4n) is 0.491. The van der Waals surface area contributed by atoms with Gasteiger partial charge in [0.2, 0.25) is 0 Å². The lowest BCUT2D eigenvalue weighted by Crippen LogP contribution is -2.40. The molecule has 0 fully saturated rings. The van der Waals surface area contributed by atoms with E-state index < -0.39 is 24.0 Å². The van der Waals surface area contributed by atoms with Crippen LogP contribution in [0.2, 0.25) is 0 Å². The smallest absolute Gasteiger partial charge is 0.286 e. The van der Waals surface area contributed by atoms with Crippen molar-refractivity contribution in [2.75, 3.05) is 6.67 Å². The van der Waals surface area contributed by atoms with Gasteiger partial charge in [-0.2, -0.15) is 4.39 Å². The molecule has 0 saturated carbocycles. The van der Waals surface area contributed by atoms with Crippen LogP contribution in [0.15, 0.2) is 5.10 Å². The molecule has 0 radical (unpaired) electrons. The van der Waals surface area contributed by atoms with Gasteiger partial charge in [0, 0.05) is 0 Å². The van der Waals surface area contributed by atoms with Crippen molar-refractivity contribution in [3.05, 3.63) is 0 Å². The lowest BCUT2D eigenvalue weighted by molar-refractivity contribution is -0.218. The molecule has 58 valence electrons. The molecule has 0 aromatic rings. The van der Waals surface area contributed by atoms with E-state index in [4.69, 9.17) is 0 Å². The van der Waals surface area contributed by atoms with Gasteiger partial charge >= 0.3 is 12.4 Å². The molecule has 1 N–H and O–H groups in total. The van der Waals surface area contributed by atoms with E-state index in [1.807, 2.05) is 5.43 Å². The number of alkyl halides is 3. The lowest BCUT2D eigenvalue weighted by atomic mass is 10.8. The Morgan fingerprint density at radius 1 is 1.50 bits per heavy atom. The average molecular weight is 157 g/mol. The van der Waals surface area contributed by atoms with Crippen LogP contribution in [0.5, 0.6) is 0 Å². The van der Waals surface area contributed by atoms with Crippen molar-refractivity contribution in [1.29, 1.82) is 0 Å². The Bertz CT molecular complexity index is 162. The zero-order valence-corrected chi connectivity index (χ0v) is 4.61. The topological polar surface area (TPSA) is 27.6 Å². The van der Waals surface area contributed by atoms with Gasteiger partial charge in [-0.25, -0.2) is 4.90 Å². The largest absolute Gasteiger partial charge is 0.489 e. The summed E-state index contributed by atoms with van der Waals surface area (Å²) < 4.78 is 46.7. The quantitative estimate of drug-likeness (QED) is 0.412. The molecule has 7 heteroatoms. The predicted octanol–water partition coefficient (Wildman–Crippen LogP) is 0.609. The van der Waals surface area contributed by atoms with Gasteiger partial charge in [0.15, 0.2) is 0 Å². The fourth-order valence-corrected chi connectivity index (χ4v) is 0.491. The van der Waals surface area contributed by atoms with Crippen molar-refractivity contribution in [3.63, 3.8) is 0 Å². The number of hydrazone groups is 1. The molecule has 10 heavy (non-hydrogen) atoms. The van der Waals surface area contributed by atoms with Crippen molar-refractivity contribution in [3.8, 4) is 0 Å². The Morgan fingerprint density at radius 3 is 2.30 bits per heavy atom. The van der Waals surface area contributed by atoms with Crippen LogP contribution < -0.4 is 5.43 Å². The summed E-state index contributed by atoms with van der Waals surface area (Å²) in [7, 11) is 0. The number of amidine groups is 1. The van der Waals surface area contributed by atoms with E-state index in [2.05, 4.69) is 5.10 Å². The van der Waals surface area contributed by atoms with E-state index >= 15 is 0 Å². The van der Waals surface area contributed by atoms with Crippen LogP contribution >= 0.6 is 0 Å². The number of hydrogen-bond donors (Lipinski definition) is 1. The molecule has 1 rings (SSSR count). The monoisotopic (exact) mass is 157 g/mol. The molecule has 1 heterocycles. The van der Waals surface area contributed by atoms with Crippen LogP contribution in [0.25, 0.3) is 0 Å². The Morgan fingerprint density at radius 2 is 2.10 bits per heavy atom. The summed E-state index contributed by atoms with van der Waals surface area (Å²) in [4.78, 5) is -0.437. The van der Waals surface area contributed by atoms with E-state index in [1.165, 1.54) is 0 Å². The van der Waals surface area contributed by atoms with Gasteiger partial charge < -0.3 is 0 Å². The molecule has 0 aromatic heterocycles. The number of nitrogens with one attached hydrogen (secondary N) is 1. The second-order valence-corrected chi connectivity index (χ2v) is 1.59. The third-order valence-electron chi connectivity index (χ3n) is 0.929. The molecule has 0 unspecified atom stereocenters. The van der Waals surface area contributed by atoms with Gasteiger partial charge in [0.05, 0.1) is 0 Å².